The molecule has 0 aliphatic carbocycles. The summed E-state index contributed by atoms with van der Waals surface area (Å²) in [5.74, 6) is -0.233. The summed E-state index contributed by atoms with van der Waals surface area (Å²) >= 11 is 1.17. The van der Waals surface area contributed by atoms with Gasteiger partial charge in [-0.1, -0.05) is 0 Å². The van der Waals surface area contributed by atoms with Crippen molar-refractivity contribution in [2.24, 2.45) is 0 Å². The van der Waals surface area contributed by atoms with Gasteiger partial charge in [0.2, 0.25) is 10.0 Å². The van der Waals surface area contributed by atoms with Crippen molar-refractivity contribution in [1.82, 2.24) is 9.62 Å². The first-order valence-electron chi connectivity index (χ1n) is 7.56. The van der Waals surface area contributed by atoms with Crippen LogP contribution in [0.3, 0.4) is 0 Å². The molecule has 0 saturated carbocycles. The predicted molar refractivity (Wildman–Crippen MR) is 83.6 cm³/mol. The first-order chi connectivity index (χ1) is 10.6. The molecule has 1 amide bonds. The molecule has 3 heterocycles. The molecule has 1 unspecified atom stereocenters. The molecular weight excluding hydrogens is 324 g/mol. The Balaban J connectivity index is 1.63. The minimum absolute atomic E-state index is 0.0803. The van der Waals surface area contributed by atoms with Gasteiger partial charge in [0, 0.05) is 31.6 Å². The fourth-order valence-electron chi connectivity index (χ4n) is 2.75. The van der Waals surface area contributed by atoms with Crippen LogP contribution < -0.4 is 5.32 Å². The van der Waals surface area contributed by atoms with Crippen LogP contribution in [0.15, 0.2) is 16.3 Å². The van der Waals surface area contributed by atoms with Crippen LogP contribution in [0.5, 0.6) is 0 Å². The van der Waals surface area contributed by atoms with E-state index in [1.54, 1.807) is 5.38 Å². The molecule has 2 saturated heterocycles. The lowest BCUT2D eigenvalue weighted by Crippen LogP contribution is -2.31. The number of rotatable bonds is 5. The van der Waals surface area contributed by atoms with E-state index in [2.05, 4.69) is 5.32 Å². The fraction of sp³-hybridized carbons (Fsp3) is 0.643. The lowest BCUT2D eigenvalue weighted by Gasteiger charge is -2.13. The summed E-state index contributed by atoms with van der Waals surface area (Å²) in [6.07, 6.45) is 3.87. The van der Waals surface area contributed by atoms with E-state index in [1.165, 1.54) is 21.7 Å². The average molecular weight is 344 g/mol. The maximum Gasteiger partial charge on any atom is 0.261 e. The van der Waals surface area contributed by atoms with E-state index in [0.29, 0.717) is 24.5 Å². The Morgan fingerprint density at radius 3 is 2.82 bits per heavy atom. The van der Waals surface area contributed by atoms with Crippen LogP contribution in [-0.2, 0) is 14.8 Å². The van der Waals surface area contributed by atoms with Crippen molar-refractivity contribution in [3.8, 4) is 0 Å². The van der Waals surface area contributed by atoms with Crippen LogP contribution in [0.4, 0.5) is 0 Å². The van der Waals surface area contributed by atoms with Crippen LogP contribution in [0.25, 0.3) is 0 Å². The zero-order valence-corrected chi connectivity index (χ0v) is 13.9. The second-order valence-corrected chi connectivity index (χ2v) is 8.45. The van der Waals surface area contributed by atoms with Gasteiger partial charge in [-0.2, -0.15) is 4.31 Å². The molecule has 1 atom stereocenters. The maximum absolute atomic E-state index is 12.4. The molecule has 22 heavy (non-hydrogen) atoms. The highest BCUT2D eigenvalue weighted by molar-refractivity contribution is 7.89. The van der Waals surface area contributed by atoms with Crippen LogP contribution >= 0.6 is 11.3 Å². The first kappa shape index (κ1) is 15.9. The van der Waals surface area contributed by atoms with Gasteiger partial charge in [0.05, 0.1) is 15.9 Å². The van der Waals surface area contributed by atoms with Crippen molar-refractivity contribution in [3.05, 3.63) is 16.3 Å². The van der Waals surface area contributed by atoms with Gasteiger partial charge >= 0.3 is 0 Å². The number of hydrogen-bond acceptors (Lipinski definition) is 5. The molecule has 0 bridgehead atoms. The van der Waals surface area contributed by atoms with Crippen molar-refractivity contribution in [1.29, 1.82) is 0 Å². The average Bonchev–Trinajstić information content (AvgIpc) is 3.27. The Hall–Kier alpha value is -0.960. The number of nitrogens with one attached hydrogen (secondary N) is 1. The quantitative estimate of drug-likeness (QED) is 0.877. The molecule has 8 heteroatoms. The number of thiophene rings is 1. The van der Waals surface area contributed by atoms with Crippen molar-refractivity contribution in [2.45, 2.75) is 36.7 Å². The number of carbonyl (C=O) groups excluding carboxylic acids is 1. The SMILES string of the molecule is O=C(NCC1CCCO1)c1cc(S(=O)(=O)N2CCCC2)cs1. The van der Waals surface area contributed by atoms with E-state index in [0.717, 1.165) is 32.3 Å². The highest BCUT2D eigenvalue weighted by Crippen LogP contribution is 2.25. The van der Waals surface area contributed by atoms with E-state index < -0.39 is 10.0 Å². The molecule has 2 aliphatic heterocycles. The Morgan fingerprint density at radius 1 is 1.36 bits per heavy atom. The smallest absolute Gasteiger partial charge is 0.261 e. The number of sulfonamides is 1. The number of hydrogen-bond donors (Lipinski definition) is 1. The molecular formula is C14H20N2O4S2. The van der Waals surface area contributed by atoms with E-state index >= 15 is 0 Å². The lowest BCUT2D eigenvalue weighted by molar-refractivity contribution is 0.0861. The van der Waals surface area contributed by atoms with Crippen LogP contribution in [0.2, 0.25) is 0 Å². The molecule has 1 aromatic heterocycles. The summed E-state index contributed by atoms with van der Waals surface area (Å²) in [4.78, 5) is 12.7. The maximum atomic E-state index is 12.4. The zero-order chi connectivity index (χ0) is 15.6. The first-order valence-corrected chi connectivity index (χ1v) is 9.88. The van der Waals surface area contributed by atoms with Gasteiger partial charge in [-0.15, -0.1) is 11.3 Å². The number of nitrogens with zero attached hydrogens (tertiary/aromatic N) is 1. The van der Waals surface area contributed by atoms with Gasteiger partial charge in [-0.05, 0) is 31.7 Å². The molecule has 2 fully saturated rings. The van der Waals surface area contributed by atoms with Crippen molar-refractivity contribution in [3.63, 3.8) is 0 Å². The summed E-state index contributed by atoms with van der Waals surface area (Å²) in [6.45, 7) is 2.36. The van der Waals surface area contributed by atoms with E-state index in [9.17, 15) is 13.2 Å². The highest BCUT2D eigenvalue weighted by Gasteiger charge is 2.28. The van der Waals surface area contributed by atoms with E-state index in [-0.39, 0.29) is 16.9 Å². The third-order valence-electron chi connectivity index (χ3n) is 4.02. The molecule has 1 N–H and O–H groups in total. The standard InChI is InChI=1S/C14H20N2O4S2/c17-14(15-9-11-4-3-7-20-11)13-8-12(10-21-13)22(18,19)16-5-1-2-6-16/h8,10-11H,1-7,9H2,(H,15,17). The second-order valence-electron chi connectivity index (χ2n) is 5.60. The summed E-state index contributed by atoms with van der Waals surface area (Å²) in [7, 11) is -3.44. The van der Waals surface area contributed by atoms with E-state index in [1.807, 2.05) is 0 Å². The molecule has 0 aromatic carbocycles. The van der Waals surface area contributed by atoms with Crippen molar-refractivity contribution in [2.75, 3.05) is 26.2 Å². The third kappa shape index (κ3) is 3.34. The molecule has 0 radical (unpaired) electrons. The number of carbonyl (C=O) groups is 1. The topological polar surface area (TPSA) is 75.7 Å². The van der Waals surface area contributed by atoms with Gasteiger partial charge < -0.3 is 10.1 Å². The predicted octanol–water partition coefficient (Wildman–Crippen LogP) is 1.44. The Labute approximate surface area is 134 Å². The molecule has 3 rings (SSSR count). The Kier molecular flexibility index (Phi) is 4.82. The Bertz CT molecular complexity index is 629. The molecule has 122 valence electrons. The minimum atomic E-state index is -3.44. The third-order valence-corrected chi connectivity index (χ3v) is 6.97. The Morgan fingerprint density at radius 2 is 2.14 bits per heavy atom. The van der Waals surface area contributed by atoms with Crippen LogP contribution in [0.1, 0.15) is 35.4 Å². The van der Waals surface area contributed by atoms with Gasteiger partial charge in [0.25, 0.3) is 5.91 Å². The lowest BCUT2D eigenvalue weighted by atomic mass is 10.2. The van der Waals surface area contributed by atoms with Gasteiger partial charge in [0.15, 0.2) is 0 Å². The molecule has 2 aliphatic rings. The zero-order valence-electron chi connectivity index (χ0n) is 12.3. The monoisotopic (exact) mass is 344 g/mol. The summed E-state index contributed by atoms with van der Waals surface area (Å²) in [5, 5.41) is 4.36. The molecule has 0 spiro atoms. The minimum Gasteiger partial charge on any atom is -0.376 e. The van der Waals surface area contributed by atoms with Gasteiger partial charge in [0.1, 0.15) is 0 Å². The highest BCUT2D eigenvalue weighted by atomic mass is 32.2. The summed E-state index contributed by atoms with van der Waals surface area (Å²) < 4.78 is 31.8. The molecule has 1 aromatic rings. The normalized spacial score (nSPS) is 23.0. The molecule has 6 nitrogen and oxygen atoms in total. The number of ether oxygens (including phenoxy) is 1. The van der Waals surface area contributed by atoms with Crippen LogP contribution in [0, 0.1) is 0 Å². The summed E-state index contributed by atoms with van der Waals surface area (Å²) in [5.41, 5.74) is 0. The van der Waals surface area contributed by atoms with Gasteiger partial charge in [-0.25, -0.2) is 8.42 Å². The van der Waals surface area contributed by atoms with Crippen molar-refractivity contribution < 1.29 is 17.9 Å². The largest absolute Gasteiger partial charge is 0.376 e. The van der Waals surface area contributed by atoms with E-state index in [4.69, 9.17) is 4.74 Å². The van der Waals surface area contributed by atoms with Crippen molar-refractivity contribution >= 4 is 27.3 Å². The second kappa shape index (κ2) is 6.66. The van der Waals surface area contributed by atoms with Crippen LogP contribution in [-0.4, -0.2) is 51.0 Å². The summed E-state index contributed by atoms with van der Waals surface area (Å²) in [6, 6.07) is 1.48. The number of amides is 1. The fourth-order valence-corrected chi connectivity index (χ4v) is 5.44. The van der Waals surface area contributed by atoms with Gasteiger partial charge in [-0.3, -0.25) is 4.79 Å².